The molecule has 5 heteroatoms. The van der Waals surface area contributed by atoms with Gasteiger partial charge in [-0.3, -0.25) is 0 Å². The maximum Gasteiger partial charge on any atom is 0.234 e. The first-order chi connectivity index (χ1) is 9.63. The summed E-state index contributed by atoms with van der Waals surface area (Å²) >= 11 is 3.43. The van der Waals surface area contributed by atoms with Crippen molar-refractivity contribution in [1.29, 1.82) is 0 Å². The molecule has 2 rings (SSSR count). The van der Waals surface area contributed by atoms with Gasteiger partial charge in [-0.25, -0.2) is 0 Å². The van der Waals surface area contributed by atoms with E-state index >= 15 is 0 Å². The summed E-state index contributed by atoms with van der Waals surface area (Å²) in [6, 6.07) is 8.13. The van der Waals surface area contributed by atoms with Crippen LogP contribution in [-0.4, -0.2) is 16.7 Å². The predicted molar refractivity (Wildman–Crippen MR) is 82.6 cm³/mol. The predicted octanol–water partition coefficient (Wildman–Crippen LogP) is 3.44. The van der Waals surface area contributed by atoms with E-state index in [0.29, 0.717) is 24.7 Å². The monoisotopic (exact) mass is 337 g/mol. The van der Waals surface area contributed by atoms with Crippen LogP contribution in [0.4, 0.5) is 0 Å². The second-order valence-corrected chi connectivity index (χ2v) is 5.93. The number of halogens is 1. The average Bonchev–Trinajstić information content (AvgIpc) is 2.93. The van der Waals surface area contributed by atoms with Crippen LogP contribution in [0.15, 0.2) is 33.3 Å². The van der Waals surface area contributed by atoms with Crippen molar-refractivity contribution in [2.45, 2.75) is 38.5 Å². The van der Waals surface area contributed by atoms with Gasteiger partial charge in [-0.1, -0.05) is 47.1 Å². The Morgan fingerprint density at radius 3 is 2.40 bits per heavy atom. The highest BCUT2D eigenvalue weighted by Crippen LogP contribution is 2.29. The van der Waals surface area contributed by atoms with Gasteiger partial charge in [-0.2, -0.15) is 4.98 Å². The molecule has 0 radical (unpaired) electrons. The van der Waals surface area contributed by atoms with Crippen LogP contribution in [0.1, 0.15) is 44.0 Å². The molecule has 20 heavy (non-hydrogen) atoms. The van der Waals surface area contributed by atoms with E-state index in [1.807, 2.05) is 12.1 Å². The summed E-state index contributed by atoms with van der Waals surface area (Å²) in [5, 5.41) is 4.09. The Bertz CT molecular complexity index is 538. The fourth-order valence-corrected chi connectivity index (χ4v) is 2.52. The van der Waals surface area contributed by atoms with Crippen molar-refractivity contribution in [2.24, 2.45) is 5.73 Å². The van der Waals surface area contributed by atoms with Gasteiger partial charge in [0.1, 0.15) is 0 Å². The fraction of sp³-hybridized carbons (Fsp3) is 0.467. The van der Waals surface area contributed by atoms with E-state index in [9.17, 15) is 0 Å². The Labute approximate surface area is 127 Å². The van der Waals surface area contributed by atoms with Gasteiger partial charge in [0.15, 0.2) is 5.82 Å². The van der Waals surface area contributed by atoms with Crippen molar-refractivity contribution >= 4 is 15.9 Å². The molecule has 0 aliphatic carbocycles. The summed E-state index contributed by atoms with van der Waals surface area (Å²) in [4.78, 5) is 4.54. The molecule has 1 aromatic heterocycles. The molecule has 0 saturated carbocycles. The first kappa shape index (κ1) is 15.2. The quantitative estimate of drug-likeness (QED) is 0.876. The van der Waals surface area contributed by atoms with E-state index < -0.39 is 0 Å². The van der Waals surface area contributed by atoms with Crippen LogP contribution in [0.2, 0.25) is 0 Å². The highest BCUT2D eigenvalue weighted by Gasteiger charge is 2.33. The Balaban J connectivity index is 2.18. The van der Waals surface area contributed by atoms with Crippen LogP contribution in [0.5, 0.6) is 0 Å². The van der Waals surface area contributed by atoms with Crippen LogP contribution >= 0.6 is 15.9 Å². The number of hydrogen-bond acceptors (Lipinski definition) is 4. The van der Waals surface area contributed by atoms with Gasteiger partial charge in [0.2, 0.25) is 5.89 Å². The largest absolute Gasteiger partial charge is 0.339 e. The Morgan fingerprint density at radius 1 is 1.20 bits per heavy atom. The van der Waals surface area contributed by atoms with Crippen molar-refractivity contribution in [2.75, 3.05) is 6.54 Å². The maximum absolute atomic E-state index is 5.91. The summed E-state index contributed by atoms with van der Waals surface area (Å²) in [5.41, 5.74) is 6.88. The van der Waals surface area contributed by atoms with Gasteiger partial charge in [-0.15, -0.1) is 0 Å². The van der Waals surface area contributed by atoms with Crippen molar-refractivity contribution in [1.82, 2.24) is 10.1 Å². The lowest BCUT2D eigenvalue weighted by atomic mass is 9.82. The molecule has 0 saturated heterocycles. The Morgan fingerprint density at radius 2 is 1.85 bits per heavy atom. The van der Waals surface area contributed by atoms with E-state index in [4.69, 9.17) is 10.3 Å². The van der Waals surface area contributed by atoms with Crippen LogP contribution < -0.4 is 5.73 Å². The Kier molecular flexibility index (Phi) is 4.94. The lowest BCUT2D eigenvalue weighted by Gasteiger charge is -2.24. The summed E-state index contributed by atoms with van der Waals surface area (Å²) in [5.74, 6) is 1.37. The molecule has 1 aromatic carbocycles. The normalized spacial score (nSPS) is 11.8. The molecule has 0 aliphatic rings. The third-order valence-corrected chi connectivity index (χ3v) is 4.47. The number of hydrogen-bond donors (Lipinski definition) is 1. The third kappa shape index (κ3) is 3.10. The molecular formula is C15H20BrN3O. The number of aromatic nitrogens is 2. The van der Waals surface area contributed by atoms with Crippen LogP contribution in [0.3, 0.4) is 0 Å². The lowest BCUT2D eigenvalue weighted by molar-refractivity contribution is 0.266. The Hall–Kier alpha value is -1.20. The van der Waals surface area contributed by atoms with Crippen molar-refractivity contribution < 1.29 is 4.52 Å². The lowest BCUT2D eigenvalue weighted by Crippen LogP contribution is -2.34. The molecule has 108 valence electrons. The molecule has 4 nitrogen and oxygen atoms in total. The minimum atomic E-state index is -0.190. The first-order valence-corrected chi connectivity index (χ1v) is 7.70. The highest BCUT2D eigenvalue weighted by molar-refractivity contribution is 9.10. The van der Waals surface area contributed by atoms with Gasteiger partial charge in [0, 0.05) is 17.4 Å². The van der Waals surface area contributed by atoms with Crippen molar-refractivity contribution in [3.8, 4) is 0 Å². The third-order valence-electron chi connectivity index (χ3n) is 3.94. The van der Waals surface area contributed by atoms with Crippen LogP contribution in [0.25, 0.3) is 0 Å². The van der Waals surface area contributed by atoms with Gasteiger partial charge in [0.05, 0.1) is 5.41 Å². The van der Waals surface area contributed by atoms with Crippen LogP contribution in [0, 0.1) is 0 Å². The van der Waals surface area contributed by atoms with Crippen LogP contribution in [-0.2, 0) is 11.8 Å². The second-order valence-electron chi connectivity index (χ2n) is 5.01. The molecule has 0 bridgehead atoms. The molecule has 0 unspecified atom stereocenters. The second kappa shape index (κ2) is 6.50. The summed E-state index contributed by atoms with van der Waals surface area (Å²) in [6.45, 7) is 4.74. The summed E-state index contributed by atoms with van der Waals surface area (Å²) in [6.07, 6.45) is 2.48. The molecule has 0 fully saturated rings. The van der Waals surface area contributed by atoms with Gasteiger partial charge < -0.3 is 10.3 Å². The minimum absolute atomic E-state index is 0.190. The van der Waals surface area contributed by atoms with E-state index in [0.717, 1.165) is 22.9 Å². The summed E-state index contributed by atoms with van der Waals surface area (Å²) < 4.78 is 6.51. The number of rotatable bonds is 6. The van der Waals surface area contributed by atoms with E-state index in [1.54, 1.807) is 0 Å². The molecule has 2 aromatic rings. The molecule has 0 atom stereocenters. The number of benzene rings is 1. The zero-order valence-electron chi connectivity index (χ0n) is 11.9. The van der Waals surface area contributed by atoms with Gasteiger partial charge >= 0.3 is 0 Å². The number of nitrogens with zero attached hydrogens (tertiary/aromatic N) is 2. The van der Waals surface area contributed by atoms with Crippen molar-refractivity contribution in [3.63, 3.8) is 0 Å². The van der Waals surface area contributed by atoms with E-state index in [-0.39, 0.29) is 5.41 Å². The van der Waals surface area contributed by atoms with E-state index in [1.165, 1.54) is 0 Å². The molecule has 0 amide bonds. The first-order valence-electron chi connectivity index (χ1n) is 6.91. The van der Waals surface area contributed by atoms with Gasteiger partial charge in [0.25, 0.3) is 0 Å². The molecule has 2 N–H and O–H groups in total. The van der Waals surface area contributed by atoms with Crippen molar-refractivity contribution in [3.05, 3.63) is 46.0 Å². The average molecular weight is 338 g/mol. The number of nitrogens with two attached hydrogens (primary N) is 1. The minimum Gasteiger partial charge on any atom is -0.339 e. The topological polar surface area (TPSA) is 64.9 Å². The molecule has 0 aliphatic heterocycles. The smallest absolute Gasteiger partial charge is 0.234 e. The fourth-order valence-electron chi connectivity index (χ4n) is 2.25. The van der Waals surface area contributed by atoms with Gasteiger partial charge in [-0.05, 0) is 30.5 Å². The van der Waals surface area contributed by atoms with E-state index in [2.05, 4.69) is 52.1 Å². The maximum atomic E-state index is 5.91. The molecular weight excluding hydrogens is 318 g/mol. The molecule has 1 heterocycles. The summed E-state index contributed by atoms with van der Waals surface area (Å²) in [7, 11) is 0. The highest BCUT2D eigenvalue weighted by atomic mass is 79.9. The standard InChI is InChI=1S/C15H20BrN3O/c1-3-15(4-2,10-17)14-18-13(19-20-14)9-11-5-7-12(16)8-6-11/h5-8H,3-4,9-10,17H2,1-2H3. The molecule has 0 spiro atoms. The zero-order chi connectivity index (χ0) is 14.6. The zero-order valence-corrected chi connectivity index (χ0v) is 13.5. The SMILES string of the molecule is CCC(CC)(CN)c1nc(Cc2ccc(Br)cc2)no1.